The molecule has 0 aromatic heterocycles. The lowest BCUT2D eigenvalue weighted by Gasteiger charge is -2.23. The Hall–Kier alpha value is -8.95. The number of phenolic OH excluding ortho intramolecular Hbond substituents is 10. The van der Waals surface area contributed by atoms with Crippen molar-refractivity contribution in [3.63, 3.8) is 0 Å². The number of phenols is 10. The second kappa shape index (κ2) is 29.7. The summed E-state index contributed by atoms with van der Waals surface area (Å²) in [5, 5.41) is 137. The summed E-state index contributed by atoms with van der Waals surface area (Å²) in [6.07, 6.45) is 0.450. The van der Waals surface area contributed by atoms with Crippen molar-refractivity contribution >= 4 is 29.8 Å². The fourth-order valence-electron chi connectivity index (χ4n) is 6.38. The van der Waals surface area contributed by atoms with Crippen LogP contribution in [-0.2, 0) is 56.1 Å². The molecular weight excluding hydrogens is 1060 g/mol. The predicted octanol–water partition coefficient (Wildman–Crippen LogP) is -0.265. The van der Waals surface area contributed by atoms with Crippen LogP contribution < -0.4 is 56.3 Å². The highest BCUT2D eigenvalue weighted by Crippen LogP contribution is 2.31. The van der Waals surface area contributed by atoms with Crippen molar-refractivity contribution in [3.05, 3.63) is 119 Å². The van der Waals surface area contributed by atoms with Gasteiger partial charge in [0.2, 0.25) is 0 Å². The maximum absolute atomic E-state index is 11.0. The zero-order valence-corrected chi connectivity index (χ0v) is 43.8. The van der Waals surface area contributed by atoms with Gasteiger partial charge in [-0.1, -0.05) is 30.3 Å². The van der Waals surface area contributed by atoms with Gasteiger partial charge in [0, 0.05) is 32.1 Å². The Bertz CT molecular complexity index is 2490. The van der Waals surface area contributed by atoms with Crippen LogP contribution in [0.2, 0.25) is 0 Å². The Morgan fingerprint density at radius 2 is 0.412 bits per heavy atom. The van der Waals surface area contributed by atoms with E-state index in [1.807, 2.05) is 0 Å². The van der Waals surface area contributed by atoms with Gasteiger partial charge < -0.3 is 76.6 Å². The molecule has 0 unspecified atom stereocenters. The maximum Gasteiger partial charge on any atom is 0.325 e. The van der Waals surface area contributed by atoms with E-state index in [1.54, 1.807) is 0 Å². The molecule has 30 nitrogen and oxygen atoms in total. The first-order chi connectivity index (χ1) is 36.9. The van der Waals surface area contributed by atoms with Gasteiger partial charge in [0.25, 0.3) is 0 Å². The fourth-order valence-corrected chi connectivity index (χ4v) is 6.38. The molecule has 5 rings (SSSR count). The molecule has 0 radical (unpaired) electrons. The lowest BCUT2D eigenvalue weighted by atomic mass is 9.93. The molecule has 0 fully saturated rings. The van der Waals surface area contributed by atoms with Crippen LogP contribution in [-0.4, -0.2) is 134 Å². The summed E-state index contributed by atoms with van der Waals surface area (Å²) in [5.41, 5.74) is 7.27. The van der Waals surface area contributed by atoms with Gasteiger partial charge in [0.15, 0.2) is 57.5 Å². The fraction of sp³-hybridized carbons (Fsp3) is 0.300. The van der Waals surface area contributed by atoms with Crippen molar-refractivity contribution in [2.24, 2.45) is 29.2 Å². The lowest BCUT2D eigenvalue weighted by Crippen LogP contribution is -2.54. The number of hydrogen-bond acceptors (Lipinski definition) is 25. The van der Waals surface area contributed by atoms with Gasteiger partial charge in [-0.25, -0.2) is 27.1 Å². The minimum atomic E-state index is -1.32. The first kappa shape index (κ1) is 69.1. The number of nitrogens with one attached hydrogen (secondary N) is 5. The number of hydrazine groups is 5. The Morgan fingerprint density at radius 1 is 0.287 bits per heavy atom. The third-order valence-electron chi connectivity index (χ3n) is 11.9. The summed E-state index contributed by atoms with van der Waals surface area (Å²) in [6.45, 7) is 7.15. The van der Waals surface area contributed by atoms with Crippen molar-refractivity contribution < 1.29 is 101 Å². The smallest absolute Gasteiger partial charge is 0.325 e. The minimum absolute atomic E-state index is 0.0900. The van der Waals surface area contributed by atoms with Crippen LogP contribution in [0.25, 0.3) is 0 Å². The highest BCUT2D eigenvalue weighted by molar-refractivity contribution is 5.80. The van der Waals surface area contributed by atoms with Gasteiger partial charge >= 0.3 is 29.8 Å². The number of carbonyl (C=O) groups is 5. The highest BCUT2D eigenvalue weighted by atomic mass is 16.4. The van der Waals surface area contributed by atoms with E-state index in [4.69, 9.17) is 80.3 Å². The average Bonchev–Trinajstić information content (AvgIpc) is 3.39. The normalized spacial score (nSPS) is 14.4. The molecule has 30 heteroatoms. The van der Waals surface area contributed by atoms with E-state index in [0.29, 0.717) is 27.8 Å². The molecule has 0 aliphatic carbocycles. The van der Waals surface area contributed by atoms with Gasteiger partial charge in [-0.3, -0.25) is 53.2 Å². The number of aromatic hydroxyl groups is 10. The summed E-state index contributed by atoms with van der Waals surface area (Å²) in [6, 6.07) is 20.6. The highest BCUT2D eigenvalue weighted by Gasteiger charge is 2.35. The Kier molecular flexibility index (Phi) is 25.6. The number of benzene rings is 5. The van der Waals surface area contributed by atoms with E-state index in [1.165, 1.54) is 126 Å². The Balaban J connectivity index is 0.000000500. The first-order valence-corrected chi connectivity index (χ1v) is 23.0. The molecule has 0 saturated heterocycles. The number of carboxylic acid groups (broad SMARTS) is 5. The third-order valence-corrected chi connectivity index (χ3v) is 11.9. The average molecular weight is 1130 g/mol. The molecular formula is C50H70N10O20. The number of hydrogen-bond donors (Lipinski definition) is 25. The van der Waals surface area contributed by atoms with Gasteiger partial charge in [0.05, 0.1) is 0 Å². The van der Waals surface area contributed by atoms with E-state index in [2.05, 4.69) is 27.1 Å². The molecule has 0 saturated carbocycles. The van der Waals surface area contributed by atoms with Crippen LogP contribution in [0.5, 0.6) is 57.5 Å². The molecule has 0 aliphatic heterocycles. The largest absolute Gasteiger partial charge is 0.504 e. The van der Waals surface area contributed by atoms with Crippen LogP contribution in [0.15, 0.2) is 91.0 Å². The van der Waals surface area contributed by atoms with Crippen LogP contribution in [0, 0.1) is 0 Å². The van der Waals surface area contributed by atoms with E-state index >= 15 is 0 Å². The van der Waals surface area contributed by atoms with E-state index < -0.39 is 57.5 Å². The Morgan fingerprint density at radius 3 is 0.500 bits per heavy atom. The zero-order chi connectivity index (χ0) is 61.7. The van der Waals surface area contributed by atoms with Gasteiger partial charge in [-0.05, 0) is 123 Å². The Labute approximate surface area is 456 Å². The van der Waals surface area contributed by atoms with E-state index in [0.717, 1.165) is 0 Å². The SMILES string of the molecule is C[C@@](Cc1ccc(O)c(O)c1)(NN)C(=O)O.C[C@@](Cc1ccc(O)c(O)c1)(NN)C(=O)O.C[C@@](Cc1ccc(O)c(O)c1)(NN)C(=O)O.C[C@@](Cc1ccc(O)c(O)c1)(NN)C(=O)O.C[C@@](Cc1ccc(O)c(O)c1)(NN)C(=O)O. The summed E-state index contributed by atoms with van der Waals surface area (Å²) >= 11 is 0. The second-order valence-corrected chi connectivity index (χ2v) is 18.9. The number of aliphatic carboxylic acids is 5. The molecule has 5 aromatic carbocycles. The van der Waals surface area contributed by atoms with Gasteiger partial charge in [-0.2, -0.15) is 0 Å². The number of rotatable bonds is 20. The second-order valence-electron chi connectivity index (χ2n) is 18.9. The minimum Gasteiger partial charge on any atom is -0.504 e. The maximum atomic E-state index is 11.0. The number of carboxylic acids is 5. The quantitative estimate of drug-likeness (QED) is 0.0271. The first-order valence-electron chi connectivity index (χ1n) is 23.0. The summed E-state index contributed by atoms with van der Waals surface area (Å²) < 4.78 is 0. The van der Waals surface area contributed by atoms with Crippen LogP contribution in [0.3, 0.4) is 0 Å². The van der Waals surface area contributed by atoms with Gasteiger partial charge in [0.1, 0.15) is 27.7 Å². The topological polar surface area (TPSA) is 579 Å². The molecule has 5 aromatic rings. The monoisotopic (exact) mass is 1130 g/mol. The van der Waals surface area contributed by atoms with Crippen molar-refractivity contribution in [1.82, 2.24) is 27.1 Å². The molecule has 80 heavy (non-hydrogen) atoms. The standard InChI is InChI=1S/5C10H14N2O4/c5*1-10(12-11,9(15)16)5-6-2-3-7(13)8(14)4-6/h5*2-4,12-14H,5,11H2,1H3,(H,15,16)/t5*10-/m00000/s1. The lowest BCUT2D eigenvalue weighted by molar-refractivity contribution is -0.145. The predicted molar refractivity (Wildman–Crippen MR) is 284 cm³/mol. The molecule has 0 amide bonds. The summed E-state index contributed by atoms with van der Waals surface area (Å²) in [5.74, 6) is 17.7. The molecule has 440 valence electrons. The molecule has 30 N–H and O–H groups in total. The van der Waals surface area contributed by atoms with Crippen molar-refractivity contribution in [1.29, 1.82) is 0 Å². The zero-order valence-electron chi connectivity index (χ0n) is 43.8. The van der Waals surface area contributed by atoms with Crippen molar-refractivity contribution in [2.45, 2.75) is 94.4 Å². The summed E-state index contributed by atoms with van der Waals surface area (Å²) in [4.78, 5) is 54.8. The molecule has 0 bridgehead atoms. The van der Waals surface area contributed by atoms with E-state index in [-0.39, 0.29) is 89.6 Å². The van der Waals surface area contributed by atoms with Crippen LogP contribution in [0.1, 0.15) is 62.4 Å². The molecule has 5 atom stereocenters. The molecule has 0 heterocycles. The summed E-state index contributed by atoms with van der Waals surface area (Å²) in [7, 11) is 0. The molecule has 0 spiro atoms. The molecule has 0 aliphatic rings. The van der Waals surface area contributed by atoms with E-state index in [9.17, 15) is 49.5 Å². The van der Waals surface area contributed by atoms with Crippen molar-refractivity contribution in [3.8, 4) is 57.5 Å². The van der Waals surface area contributed by atoms with Gasteiger partial charge in [-0.15, -0.1) is 0 Å². The number of nitrogens with two attached hydrogens (primary N) is 5. The third kappa shape index (κ3) is 20.1. The van der Waals surface area contributed by atoms with Crippen LogP contribution >= 0.6 is 0 Å². The van der Waals surface area contributed by atoms with Crippen molar-refractivity contribution in [2.75, 3.05) is 0 Å². The van der Waals surface area contributed by atoms with Crippen LogP contribution in [0.4, 0.5) is 0 Å².